The van der Waals surface area contributed by atoms with E-state index in [1.807, 2.05) is 0 Å². The first-order valence-electron chi connectivity index (χ1n) is 7.43. The van der Waals surface area contributed by atoms with Gasteiger partial charge in [0.15, 0.2) is 0 Å². The van der Waals surface area contributed by atoms with Crippen molar-refractivity contribution in [3.05, 3.63) is 35.4 Å². The molecule has 0 aliphatic carbocycles. The van der Waals surface area contributed by atoms with Crippen molar-refractivity contribution in [2.24, 2.45) is 0 Å². The predicted molar refractivity (Wildman–Crippen MR) is 81.2 cm³/mol. The zero-order chi connectivity index (χ0) is 13.2. The predicted octanol–water partition coefficient (Wildman–Crippen LogP) is 5.10. The lowest BCUT2D eigenvalue weighted by molar-refractivity contribution is 0.304. The zero-order valence-electron chi connectivity index (χ0n) is 12.2. The summed E-state index contributed by atoms with van der Waals surface area (Å²) in [6.45, 7) is 7.83. The monoisotopic (exact) mass is 246 g/mol. The van der Waals surface area contributed by atoms with Crippen LogP contribution in [0.1, 0.15) is 50.7 Å². The Bertz CT molecular complexity index is 299. The summed E-state index contributed by atoms with van der Waals surface area (Å²) in [5.74, 6) is 0. The van der Waals surface area contributed by atoms with Crippen molar-refractivity contribution in [2.45, 2.75) is 65.7 Å². The lowest BCUT2D eigenvalue weighted by Gasteiger charge is -2.14. The Labute approximate surface area is 113 Å². The molecule has 0 atom stereocenters. The van der Waals surface area contributed by atoms with Gasteiger partial charge >= 0.3 is 0 Å². The maximum atomic E-state index is 6.07. The van der Waals surface area contributed by atoms with Gasteiger partial charge in [0.05, 0.1) is 6.61 Å². The van der Waals surface area contributed by atoms with Crippen LogP contribution < -0.4 is 0 Å². The number of unbranched alkanes of at least 4 members (excludes halogenated alkanes) is 2. The Hall–Kier alpha value is -0.755. The SMILES string of the molecule is CCCCB(CCCC)OCc1ccc(C)cc1. The summed E-state index contributed by atoms with van der Waals surface area (Å²) >= 11 is 0. The fraction of sp³-hybridized carbons (Fsp3) is 0.625. The van der Waals surface area contributed by atoms with Crippen molar-refractivity contribution >= 4 is 6.92 Å². The number of hydrogen-bond acceptors (Lipinski definition) is 1. The standard InChI is InChI=1S/C16H27BO/c1-4-6-12-17(13-7-5-2)18-14-16-10-8-15(3)9-11-16/h8-11H,4-7,12-14H2,1-3H3. The normalized spacial score (nSPS) is 10.6. The number of aryl methyl sites for hydroxylation is 1. The van der Waals surface area contributed by atoms with E-state index in [9.17, 15) is 0 Å². The Kier molecular flexibility index (Phi) is 7.83. The molecule has 1 rings (SSSR count). The number of hydrogen-bond donors (Lipinski definition) is 0. The van der Waals surface area contributed by atoms with Gasteiger partial charge in [-0.2, -0.15) is 0 Å². The number of benzene rings is 1. The molecule has 0 aliphatic heterocycles. The fourth-order valence-electron chi connectivity index (χ4n) is 2.07. The van der Waals surface area contributed by atoms with Gasteiger partial charge in [0, 0.05) is 0 Å². The van der Waals surface area contributed by atoms with Crippen molar-refractivity contribution < 1.29 is 4.65 Å². The molecule has 1 aromatic rings. The van der Waals surface area contributed by atoms with Gasteiger partial charge in [-0.05, 0) is 25.1 Å². The van der Waals surface area contributed by atoms with Crippen LogP contribution in [0, 0.1) is 6.92 Å². The van der Waals surface area contributed by atoms with Crippen LogP contribution in [0.15, 0.2) is 24.3 Å². The molecule has 0 radical (unpaired) electrons. The van der Waals surface area contributed by atoms with E-state index in [0.717, 1.165) is 6.61 Å². The third-order valence-corrected chi connectivity index (χ3v) is 3.37. The molecule has 2 heteroatoms. The fourth-order valence-corrected chi connectivity index (χ4v) is 2.07. The molecule has 18 heavy (non-hydrogen) atoms. The molecule has 0 spiro atoms. The molecule has 0 saturated carbocycles. The van der Waals surface area contributed by atoms with Gasteiger partial charge in [0.25, 0.3) is 6.92 Å². The van der Waals surface area contributed by atoms with Crippen LogP contribution in [-0.4, -0.2) is 6.92 Å². The van der Waals surface area contributed by atoms with Gasteiger partial charge in [0.2, 0.25) is 0 Å². The van der Waals surface area contributed by atoms with Crippen molar-refractivity contribution in [1.82, 2.24) is 0 Å². The summed E-state index contributed by atoms with van der Waals surface area (Å²) in [7, 11) is 0. The first-order valence-corrected chi connectivity index (χ1v) is 7.43. The van der Waals surface area contributed by atoms with Crippen molar-refractivity contribution in [2.75, 3.05) is 0 Å². The molecule has 1 aromatic carbocycles. The molecular weight excluding hydrogens is 219 g/mol. The molecule has 0 N–H and O–H groups in total. The van der Waals surface area contributed by atoms with E-state index in [4.69, 9.17) is 4.65 Å². The van der Waals surface area contributed by atoms with Gasteiger partial charge < -0.3 is 4.65 Å². The van der Waals surface area contributed by atoms with Crippen LogP contribution in [0.3, 0.4) is 0 Å². The van der Waals surface area contributed by atoms with Gasteiger partial charge in [-0.25, -0.2) is 0 Å². The summed E-state index contributed by atoms with van der Waals surface area (Å²) in [4.78, 5) is 0. The topological polar surface area (TPSA) is 9.23 Å². The molecule has 0 aromatic heterocycles. The smallest absolute Gasteiger partial charge is 0.293 e. The van der Waals surface area contributed by atoms with E-state index in [1.54, 1.807) is 0 Å². The van der Waals surface area contributed by atoms with Crippen LogP contribution in [0.5, 0.6) is 0 Å². The highest BCUT2D eigenvalue weighted by molar-refractivity contribution is 6.51. The Morgan fingerprint density at radius 3 is 2.00 bits per heavy atom. The Morgan fingerprint density at radius 1 is 0.944 bits per heavy atom. The highest BCUT2D eigenvalue weighted by Crippen LogP contribution is 2.13. The van der Waals surface area contributed by atoms with E-state index < -0.39 is 0 Å². The van der Waals surface area contributed by atoms with E-state index in [0.29, 0.717) is 6.92 Å². The summed E-state index contributed by atoms with van der Waals surface area (Å²) in [6.07, 6.45) is 7.50. The second-order valence-corrected chi connectivity index (χ2v) is 5.20. The van der Waals surface area contributed by atoms with Crippen LogP contribution in [0.4, 0.5) is 0 Å². The first kappa shape index (κ1) is 15.3. The van der Waals surface area contributed by atoms with Gasteiger partial charge in [-0.3, -0.25) is 0 Å². The second-order valence-electron chi connectivity index (χ2n) is 5.20. The minimum atomic E-state index is 0.450. The summed E-state index contributed by atoms with van der Waals surface area (Å²) in [5.41, 5.74) is 2.60. The van der Waals surface area contributed by atoms with Crippen LogP contribution in [0.2, 0.25) is 12.6 Å². The van der Waals surface area contributed by atoms with E-state index in [-0.39, 0.29) is 0 Å². The highest BCUT2D eigenvalue weighted by Gasteiger charge is 2.14. The van der Waals surface area contributed by atoms with Crippen LogP contribution in [0.25, 0.3) is 0 Å². The summed E-state index contributed by atoms with van der Waals surface area (Å²) < 4.78 is 6.07. The van der Waals surface area contributed by atoms with E-state index in [2.05, 4.69) is 45.0 Å². The minimum Gasteiger partial charge on any atom is -0.432 e. The van der Waals surface area contributed by atoms with Crippen LogP contribution >= 0.6 is 0 Å². The lowest BCUT2D eigenvalue weighted by atomic mass is 9.59. The summed E-state index contributed by atoms with van der Waals surface area (Å²) in [6, 6.07) is 8.66. The highest BCUT2D eigenvalue weighted by atomic mass is 16.4. The molecule has 0 saturated heterocycles. The molecule has 0 heterocycles. The maximum absolute atomic E-state index is 6.07. The van der Waals surface area contributed by atoms with Gasteiger partial charge in [-0.1, -0.05) is 69.4 Å². The molecule has 1 nitrogen and oxygen atoms in total. The summed E-state index contributed by atoms with van der Waals surface area (Å²) in [5, 5.41) is 0. The zero-order valence-corrected chi connectivity index (χ0v) is 12.2. The lowest BCUT2D eigenvalue weighted by Crippen LogP contribution is -2.17. The largest absolute Gasteiger partial charge is 0.432 e. The Morgan fingerprint density at radius 2 is 1.50 bits per heavy atom. The average Bonchev–Trinajstić information content (AvgIpc) is 2.40. The third-order valence-electron chi connectivity index (χ3n) is 3.37. The van der Waals surface area contributed by atoms with Crippen molar-refractivity contribution in [1.29, 1.82) is 0 Å². The molecule has 0 aliphatic rings. The second kappa shape index (κ2) is 9.21. The average molecular weight is 246 g/mol. The van der Waals surface area contributed by atoms with Crippen molar-refractivity contribution in [3.63, 3.8) is 0 Å². The molecule has 0 fully saturated rings. The van der Waals surface area contributed by atoms with E-state index >= 15 is 0 Å². The molecule has 0 bridgehead atoms. The molecule has 100 valence electrons. The first-order chi connectivity index (χ1) is 8.76. The number of rotatable bonds is 9. The van der Waals surface area contributed by atoms with Crippen LogP contribution in [-0.2, 0) is 11.3 Å². The molecular formula is C16H27BO. The minimum absolute atomic E-state index is 0.450. The quantitative estimate of drug-likeness (QED) is 0.550. The van der Waals surface area contributed by atoms with Gasteiger partial charge in [0.1, 0.15) is 0 Å². The van der Waals surface area contributed by atoms with Gasteiger partial charge in [-0.15, -0.1) is 0 Å². The maximum Gasteiger partial charge on any atom is 0.293 e. The van der Waals surface area contributed by atoms with Crippen molar-refractivity contribution in [3.8, 4) is 0 Å². The third kappa shape index (κ3) is 6.25. The Balaban J connectivity index is 2.37. The van der Waals surface area contributed by atoms with E-state index in [1.165, 1.54) is 49.5 Å². The molecule has 0 amide bonds. The molecule has 0 unspecified atom stereocenters.